The first-order valence-electron chi connectivity index (χ1n) is 7.58. The van der Waals surface area contributed by atoms with Crippen LogP contribution in [0.15, 0.2) is 18.2 Å². The van der Waals surface area contributed by atoms with E-state index in [1.165, 1.54) is 5.56 Å². The third kappa shape index (κ3) is 3.33. The highest BCUT2D eigenvalue weighted by Crippen LogP contribution is 2.42. The minimum absolute atomic E-state index is 0.184. The largest absolute Gasteiger partial charge is 0.493 e. The summed E-state index contributed by atoms with van der Waals surface area (Å²) >= 11 is 0. The third-order valence-electron chi connectivity index (χ3n) is 4.54. The highest BCUT2D eigenvalue weighted by Gasteiger charge is 2.48. The lowest BCUT2D eigenvalue weighted by atomic mass is 9.64. The molecule has 2 rings (SSSR count). The molecule has 0 heterocycles. The van der Waals surface area contributed by atoms with E-state index < -0.39 is 0 Å². The summed E-state index contributed by atoms with van der Waals surface area (Å²) in [5, 5.41) is 3.62. The maximum atomic E-state index is 5.62. The molecule has 1 aliphatic carbocycles. The van der Waals surface area contributed by atoms with Gasteiger partial charge in [-0.05, 0) is 31.0 Å². The first kappa shape index (κ1) is 16.1. The molecular formula is C17H27NO3. The van der Waals surface area contributed by atoms with E-state index in [-0.39, 0.29) is 5.41 Å². The van der Waals surface area contributed by atoms with E-state index in [1.54, 1.807) is 14.2 Å². The number of hydrogen-bond donors (Lipinski definition) is 1. The lowest BCUT2D eigenvalue weighted by Gasteiger charge is -2.51. The molecule has 0 bridgehead atoms. The lowest BCUT2D eigenvalue weighted by molar-refractivity contribution is -0.0979. The van der Waals surface area contributed by atoms with Crippen LogP contribution in [0.3, 0.4) is 0 Å². The maximum absolute atomic E-state index is 5.62. The second kappa shape index (κ2) is 6.67. The van der Waals surface area contributed by atoms with Crippen LogP contribution in [0.5, 0.6) is 11.5 Å². The van der Waals surface area contributed by atoms with Crippen LogP contribution in [0.4, 0.5) is 0 Å². The Morgan fingerprint density at radius 3 is 2.57 bits per heavy atom. The van der Waals surface area contributed by atoms with E-state index in [4.69, 9.17) is 14.2 Å². The smallest absolute Gasteiger partial charge is 0.161 e. The summed E-state index contributed by atoms with van der Waals surface area (Å²) in [5.41, 5.74) is 1.39. The van der Waals surface area contributed by atoms with Crippen LogP contribution >= 0.6 is 0 Å². The number of benzene rings is 1. The second-order valence-corrected chi connectivity index (χ2v) is 6.13. The third-order valence-corrected chi connectivity index (χ3v) is 4.54. The Bertz CT molecular complexity index is 473. The van der Waals surface area contributed by atoms with Gasteiger partial charge < -0.3 is 19.5 Å². The minimum Gasteiger partial charge on any atom is -0.493 e. The Balaban J connectivity index is 1.96. The summed E-state index contributed by atoms with van der Waals surface area (Å²) in [5.74, 6) is 1.59. The molecule has 1 aromatic carbocycles. The van der Waals surface area contributed by atoms with Crippen molar-refractivity contribution < 1.29 is 14.2 Å². The molecule has 0 saturated heterocycles. The molecule has 1 N–H and O–H groups in total. The van der Waals surface area contributed by atoms with Gasteiger partial charge in [0.2, 0.25) is 0 Å². The zero-order chi connectivity index (χ0) is 15.5. The van der Waals surface area contributed by atoms with Crippen LogP contribution in [0.2, 0.25) is 0 Å². The molecule has 2 unspecified atom stereocenters. The molecular weight excluding hydrogens is 266 g/mol. The zero-order valence-corrected chi connectivity index (χ0v) is 13.7. The SMILES string of the molecule is CCOc1cc(CNC2CC(OC)C2(C)C)ccc1OC. The van der Waals surface area contributed by atoms with Crippen molar-refractivity contribution in [2.24, 2.45) is 5.41 Å². The first-order valence-corrected chi connectivity index (χ1v) is 7.58. The summed E-state index contributed by atoms with van der Waals surface area (Å²) in [6.45, 7) is 7.95. The fourth-order valence-corrected chi connectivity index (χ4v) is 2.97. The molecule has 0 spiro atoms. The molecule has 1 aromatic rings. The minimum atomic E-state index is 0.184. The number of hydrogen-bond acceptors (Lipinski definition) is 4. The van der Waals surface area contributed by atoms with Crippen molar-refractivity contribution >= 4 is 0 Å². The van der Waals surface area contributed by atoms with E-state index in [1.807, 2.05) is 13.0 Å². The normalized spacial score (nSPS) is 23.5. The molecule has 1 fully saturated rings. The van der Waals surface area contributed by atoms with Crippen LogP contribution in [-0.2, 0) is 11.3 Å². The summed E-state index contributed by atoms with van der Waals surface area (Å²) in [4.78, 5) is 0. The van der Waals surface area contributed by atoms with Crippen LogP contribution in [0.1, 0.15) is 32.8 Å². The second-order valence-electron chi connectivity index (χ2n) is 6.13. The lowest BCUT2D eigenvalue weighted by Crippen LogP contribution is -2.60. The standard InChI is InChI=1S/C17H27NO3/c1-6-21-14-9-12(7-8-13(14)19-4)11-18-15-10-16(20-5)17(15,2)3/h7-9,15-16,18H,6,10-11H2,1-5H3. The van der Waals surface area contributed by atoms with E-state index in [9.17, 15) is 0 Å². The molecule has 21 heavy (non-hydrogen) atoms. The van der Waals surface area contributed by atoms with Crippen molar-refractivity contribution in [1.82, 2.24) is 5.32 Å². The van der Waals surface area contributed by atoms with Crippen LogP contribution in [-0.4, -0.2) is 33.0 Å². The van der Waals surface area contributed by atoms with E-state index in [2.05, 4.69) is 31.3 Å². The van der Waals surface area contributed by atoms with Crippen molar-refractivity contribution in [3.05, 3.63) is 23.8 Å². The molecule has 1 aliphatic rings. The predicted molar refractivity (Wildman–Crippen MR) is 84.0 cm³/mol. The number of methoxy groups -OCH3 is 2. The number of ether oxygens (including phenoxy) is 3. The van der Waals surface area contributed by atoms with Crippen molar-refractivity contribution in [3.63, 3.8) is 0 Å². The number of rotatable bonds is 7. The topological polar surface area (TPSA) is 39.7 Å². The Morgan fingerprint density at radius 2 is 2.00 bits per heavy atom. The Hall–Kier alpha value is -1.26. The molecule has 4 heteroatoms. The van der Waals surface area contributed by atoms with E-state index >= 15 is 0 Å². The maximum Gasteiger partial charge on any atom is 0.161 e. The number of nitrogens with one attached hydrogen (secondary N) is 1. The van der Waals surface area contributed by atoms with Crippen LogP contribution in [0.25, 0.3) is 0 Å². The van der Waals surface area contributed by atoms with Gasteiger partial charge in [0.1, 0.15) is 0 Å². The quantitative estimate of drug-likeness (QED) is 0.839. The van der Waals surface area contributed by atoms with Gasteiger partial charge in [-0.15, -0.1) is 0 Å². The summed E-state index contributed by atoms with van der Waals surface area (Å²) in [7, 11) is 3.46. The highest BCUT2D eigenvalue weighted by atomic mass is 16.5. The van der Waals surface area contributed by atoms with Crippen molar-refractivity contribution in [2.75, 3.05) is 20.8 Å². The fraction of sp³-hybridized carbons (Fsp3) is 0.647. The van der Waals surface area contributed by atoms with Gasteiger partial charge in [-0.2, -0.15) is 0 Å². The molecule has 0 aromatic heterocycles. The molecule has 0 radical (unpaired) electrons. The molecule has 0 amide bonds. The summed E-state index contributed by atoms with van der Waals surface area (Å²) in [6, 6.07) is 6.58. The predicted octanol–water partition coefficient (Wildman–Crippen LogP) is 3.00. The van der Waals surface area contributed by atoms with Gasteiger partial charge in [-0.1, -0.05) is 19.9 Å². The van der Waals surface area contributed by atoms with Gasteiger partial charge in [0, 0.05) is 25.1 Å². The molecule has 0 aliphatic heterocycles. The van der Waals surface area contributed by atoms with Gasteiger partial charge in [0.25, 0.3) is 0 Å². The van der Waals surface area contributed by atoms with Gasteiger partial charge in [-0.25, -0.2) is 0 Å². The van der Waals surface area contributed by atoms with Crippen LogP contribution < -0.4 is 14.8 Å². The summed E-state index contributed by atoms with van der Waals surface area (Å²) < 4.78 is 16.4. The monoisotopic (exact) mass is 293 g/mol. The molecule has 4 nitrogen and oxygen atoms in total. The summed E-state index contributed by atoms with van der Waals surface area (Å²) in [6.07, 6.45) is 1.42. The molecule has 2 atom stereocenters. The fourth-order valence-electron chi connectivity index (χ4n) is 2.97. The Kier molecular flexibility index (Phi) is 5.12. The van der Waals surface area contributed by atoms with Crippen LogP contribution in [0, 0.1) is 5.41 Å². The van der Waals surface area contributed by atoms with Crippen molar-refractivity contribution in [2.45, 2.75) is 45.9 Å². The average molecular weight is 293 g/mol. The van der Waals surface area contributed by atoms with Gasteiger partial charge in [0.15, 0.2) is 11.5 Å². The van der Waals surface area contributed by atoms with Gasteiger partial charge in [0.05, 0.1) is 19.8 Å². The zero-order valence-electron chi connectivity index (χ0n) is 13.7. The van der Waals surface area contributed by atoms with E-state index in [0.717, 1.165) is 24.5 Å². The highest BCUT2D eigenvalue weighted by molar-refractivity contribution is 5.43. The first-order chi connectivity index (χ1) is 10.0. The Labute approximate surface area is 127 Å². The van der Waals surface area contributed by atoms with Gasteiger partial charge >= 0.3 is 0 Å². The van der Waals surface area contributed by atoms with E-state index in [0.29, 0.717) is 18.8 Å². The van der Waals surface area contributed by atoms with Gasteiger partial charge in [-0.3, -0.25) is 0 Å². The Morgan fingerprint density at radius 1 is 1.24 bits per heavy atom. The molecule has 118 valence electrons. The average Bonchev–Trinajstić information content (AvgIpc) is 2.47. The van der Waals surface area contributed by atoms with Crippen molar-refractivity contribution in [1.29, 1.82) is 0 Å². The molecule has 1 saturated carbocycles. The van der Waals surface area contributed by atoms with Crippen molar-refractivity contribution in [3.8, 4) is 11.5 Å².